The fraction of sp³-hybridized carbons (Fsp3) is 0.353. The predicted octanol–water partition coefficient (Wildman–Crippen LogP) is 1.98. The number of amidine groups is 1. The molecule has 22 heavy (non-hydrogen) atoms. The van der Waals surface area contributed by atoms with E-state index in [1.165, 1.54) is 16.7 Å². The van der Waals surface area contributed by atoms with E-state index in [-0.39, 0.29) is 5.54 Å². The van der Waals surface area contributed by atoms with Crippen LogP contribution in [0.1, 0.15) is 17.5 Å². The number of aromatic nitrogens is 2. The van der Waals surface area contributed by atoms with E-state index in [0.717, 1.165) is 24.8 Å². The quantitative estimate of drug-likeness (QED) is 0.873. The molecule has 2 heterocycles. The molecule has 112 valence electrons. The minimum atomic E-state index is -0.00630. The van der Waals surface area contributed by atoms with E-state index < -0.39 is 0 Å². The van der Waals surface area contributed by atoms with E-state index >= 15 is 0 Å². The van der Waals surface area contributed by atoms with Gasteiger partial charge in [0.2, 0.25) is 0 Å². The monoisotopic (exact) mass is 294 g/mol. The Morgan fingerprint density at radius 1 is 1.27 bits per heavy atom. The molecule has 0 radical (unpaired) electrons. The second-order valence-electron chi connectivity index (χ2n) is 5.97. The van der Waals surface area contributed by atoms with Gasteiger partial charge in [0, 0.05) is 25.0 Å². The van der Waals surface area contributed by atoms with Gasteiger partial charge in [0.05, 0.1) is 5.54 Å². The summed E-state index contributed by atoms with van der Waals surface area (Å²) in [5, 5.41) is 3.46. The molecule has 1 aromatic carbocycles. The highest BCUT2D eigenvalue weighted by atomic mass is 16.5. The summed E-state index contributed by atoms with van der Waals surface area (Å²) in [5.74, 6) is 0. The highest BCUT2D eigenvalue weighted by molar-refractivity contribution is 5.77. The number of rotatable bonds is 1. The lowest BCUT2D eigenvalue weighted by molar-refractivity contribution is 0.242. The Labute approximate surface area is 129 Å². The molecule has 2 aromatic rings. The van der Waals surface area contributed by atoms with Crippen LogP contribution in [-0.4, -0.2) is 35.2 Å². The number of ether oxygens (including phenoxy) is 1. The molecule has 2 aliphatic rings. The van der Waals surface area contributed by atoms with Gasteiger partial charge in [0.25, 0.3) is 6.02 Å². The molecule has 1 N–H and O–H groups in total. The molecule has 1 aliphatic heterocycles. The summed E-state index contributed by atoms with van der Waals surface area (Å²) >= 11 is 0. The van der Waals surface area contributed by atoms with E-state index in [1.807, 2.05) is 12.4 Å². The Balaban J connectivity index is 1.70. The van der Waals surface area contributed by atoms with E-state index in [2.05, 4.69) is 38.5 Å². The van der Waals surface area contributed by atoms with Crippen molar-refractivity contribution >= 4 is 6.02 Å². The lowest BCUT2D eigenvalue weighted by Gasteiger charge is -2.33. The largest absolute Gasteiger partial charge is 0.463 e. The molecule has 1 atom stereocenters. The molecule has 0 bridgehead atoms. The fourth-order valence-corrected chi connectivity index (χ4v) is 3.48. The van der Waals surface area contributed by atoms with Gasteiger partial charge in [0.15, 0.2) is 0 Å². The number of hydrogen-bond donors (Lipinski definition) is 1. The van der Waals surface area contributed by atoms with Crippen LogP contribution in [0.5, 0.6) is 0 Å². The Morgan fingerprint density at radius 2 is 2.14 bits per heavy atom. The second-order valence-corrected chi connectivity index (χ2v) is 5.97. The van der Waals surface area contributed by atoms with Gasteiger partial charge in [0.1, 0.15) is 12.9 Å². The number of fused-ring (bicyclic) bond motifs is 1. The molecule has 1 aliphatic carbocycles. The number of hydrogen-bond acceptors (Lipinski definition) is 4. The number of nitrogens with one attached hydrogen (secondary N) is 1. The maximum atomic E-state index is 5.64. The smallest absolute Gasteiger partial charge is 0.284 e. The summed E-state index contributed by atoms with van der Waals surface area (Å²) in [7, 11) is 1.76. The summed E-state index contributed by atoms with van der Waals surface area (Å²) in [6, 6.07) is 7.15. The van der Waals surface area contributed by atoms with E-state index in [0.29, 0.717) is 12.6 Å². The van der Waals surface area contributed by atoms with Crippen LogP contribution in [-0.2, 0) is 17.6 Å². The summed E-state index contributed by atoms with van der Waals surface area (Å²) in [6.07, 6.45) is 8.36. The van der Waals surface area contributed by atoms with Gasteiger partial charge in [-0.15, -0.1) is 0 Å². The molecule has 5 nitrogen and oxygen atoms in total. The molecule has 4 rings (SSSR count). The molecule has 1 fully saturated rings. The molecular weight excluding hydrogens is 276 g/mol. The van der Waals surface area contributed by atoms with Crippen molar-refractivity contribution in [1.29, 1.82) is 0 Å². The average molecular weight is 294 g/mol. The van der Waals surface area contributed by atoms with Crippen LogP contribution >= 0.6 is 0 Å². The van der Waals surface area contributed by atoms with Crippen LogP contribution < -0.4 is 5.32 Å². The maximum Gasteiger partial charge on any atom is 0.284 e. The van der Waals surface area contributed by atoms with Crippen molar-refractivity contribution in [2.24, 2.45) is 4.99 Å². The first-order chi connectivity index (χ1) is 10.8. The predicted molar refractivity (Wildman–Crippen MR) is 84.7 cm³/mol. The van der Waals surface area contributed by atoms with Crippen molar-refractivity contribution in [3.8, 4) is 11.1 Å². The number of nitrogens with zero attached hydrogens (tertiary/aromatic N) is 3. The van der Waals surface area contributed by atoms with Gasteiger partial charge in [-0.3, -0.25) is 0 Å². The SMILES string of the molecule is CN=C1NC2(CCc3c(cccc3-c3cncnc3)C2)CO1. The Bertz CT molecular complexity index is 729. The van der Waals surface area contributed by atoms with Crippen LogP contribution in [0.3, 0.4) is 0 Å². The zero-order valence-electron chi connectivity index (χ0n) is 12.5. The van der Waals surface area contributed by atoms with Gasteiger partial charge in [-0.1, -0.05) is 18.2 Å². The van der Waals surface area contributed by atoms with Crippen molar-refractivity contribution in [3.05, 3.63) is 48.0 Å². The third-order valence-corrected chi connectivity index (χ3v) is 4.59. The summed E-state index contributed by atoms with van der Waals surface area (Å²) < 4.78 is 5.64. The van der Waals surface area contributed by atoms with Gasteiger partial charge in [-0.05, 0) is 36.0 Å². The molecule has 1 spiro atoms. The second kappa shape index (κ2) is 5.09. The van der Waals surface area contributed by atoms with Gasteiger partial charge < -0.3 is 10.1 Å². The lowest BCUT2D eigenvalue weighted by atomic mass is 9.76. The first-order valence-electron chi connectivity index (χ1n) is 7.54. The minimum absolute atomic E-state index is 0.00630. The highest BCUT2D eigenvalue weighted by Crippen LogP contribution is 2.36. The molecule has 0 saturated carbocycles. The zero-order chi connectivity index (χ0) is 15.0. The van der Waals surface area contributed by atoms with Crippen molar-refractivity contribution in [3.63, 3.8) is 0 Å². The van der Waals surface area contributed by atoms with Crippen molar-refractivity contribution in [2.75, 3.05) is 13.7 Å². The lowest BCUT2D eigenvalue weighted by Crippen LogP contribution is -2.48. The molecule has 1 unspecified atom stereocenters. The van der Waals surface area contributed by atoms with Gasteiger partial charge in [-0.2, -0.15) is 0 Å². The molecule has 1 saturated heterocycles. The Morgan fingerprint density at radius 3 is 2.91 bits per heavy atom. The Hall–Kier alpha value is -2.43. The summed E-state index contributed by atoms with van der Waals surface area (Å²) in [5.41, 5.74) is 5.11. The van der Waals surface area contributed by atoms with Crippen LogP contribution in [0.15, 0.2) is 41.9 Å². The summed E-state index contributed by atoms with van der Waals surface area (Å²) in [6.45, 7) is 0.692. The highest BCUT2D eigenvalue weighted by Gasteiger charge is 2.41. The van der Waals surface area contributed by atoms with Crippen molar-refractivity contribution in [1.82, 2.24) is 15.3 Å². The topological polar surface area (TPSA) is 59.4 Å². The minimum Gasteiger partial charge on any atom is -0.463 e. The van der Waals surface area contributed by atoms with Gasteiger partial charge >= 0.3 is 0 Å². The maximum absolute atomic E-state index is 5.64. The van der Waals surface area contributed by atoms with Crippen LogP contribution in [0.4, 0.5) is 0 Å². The van der Waals surface area contributed by atoms with Crippen LogP contribution in [0.25, 0.3) is 11.1 Å². The number of benzene rings is 1. The normalized spacial score (nSPS) is 24.9. The summed E-state index contributed by atoms with van der Waals surface area (Å²) in [4.78, 5) is 12.4. The zero-order valence-corrected chi connectivity index (χ0v) is 12.5. The van der Waals surface area contributed by atoms with E-state index in [4.69, 9.17) is 4.74 Å². The molecule has 5 heteroatoms. The average Bonchev–Trinajstić information content (AvgIpc) is 2.97. The van der Waals surface area contributed by atoms with E-state index in [9.17, 15) is 0 Å². The standard InChI is InChI=1S/C17H18N4O/c1-18-16-21-17(10-22-16)6-5-15-12(7-17)3-2-4-14(15)13-8-19-11-20-9-13/h2-4,8-9,11H,5-7,10H2,1H3,(H,18,21). The molecule has 0 amide bonds. The molecular formula is C17H18N4O. The molecule has 1 aromatic heterocycles. The third kappa shape index (κ3) is 2.13. The third-order valence-electron chi connectivity index (χ3n) is 4.59. The Kier molecular flexibility index (Phi) is 3.06. The van der Waals surface area contributed by atoms with E-state index in [1.54, 1.807) is 13.4 Å². The fourth-order valence-electron chi connectivity index (χ4n) is 3.48. The van der Waals surface area contributed by atoms with Crippen LogP contribution in [0.2, 0.25) is 0 Å². The van der Waals surface area contributed by atoms with Crippen molar-refractivity contribution in [2.45, 2.75) is 24.8 Å². The first-order valence-corrected chi connectivity index (χ1v) is 7.54. The first kappa shape index (κ1) is 13.2. The van der Waals surface area contributed by atoms with Crippen molar-refractivity contribution < 1.29 is 4.74 Å². The van der Waals surface area contributed by atoms with Crippen LogP contribution in [0, 0.1) is 0 Å². The van der Waals surface area contributed by atoms with Gasteiger partial charge in [-0.25, -0.2) is 15.0 Å². The number of aliphatic imine (C=N–C) groups is 1.